The number of H-pyrrole nitrogens is 1. The zero-order chi connectivity index (χ0) is 17.3. The molecule has 0 aromatic carbocycles. The standard InChI is InChI=1S/C15H22N6O3/c1-16-9-5-8(6-11(22)23)3-4-10(9)21-7-18-12-13(21)19-15(17-2)20-14(12)24/h7-10,16H,3-6H2,1-2H3,(H,22,23)(H2,17,19,20,24)/t8-,9+,10-/m1/s1. The van der Waals surface area contributed by atoms with Crippen LogP contribution in [0.1, 0.15) is 31.7 Å². The third kappa shape index (κ3) is 2.99. The summed E-state index contributed by atoms with van der Waals surface area (Å²) >= 11 is 0. The van der Waals surface area contributed by atoms with Gasteiger partial charge in [0.2, 0.25) is 5.95 Å². The van der Waals surface area contributed by atoms with E-state index >= 15 is 0 Å². The van der Waals surface area contributed by atoms with Crippen LogP contribution in [-0.2, 0) is 4.79 Å². The molecule has 2 aromatic rings. The van der Waals surface area contributed by atoms with Crippen molar-refractivity contribution in [1.82, 2.24) is 24.8 Å². The van der Waals surface area contributed by atoms with Gasteiger partial charge in [-0.05, 0) is 32.2 Å². The number of carbonyl (C=O) groups is 1. The molecule has 2 aromatic heterocycles. The molecule has 1 aliphatic rings. The number of aromatic nitrogens is 4. The van der Waals surface area contributed by atoms with Crippen molar-refractivity contribution in [2.75, 3.05) is 19.4 Å². The van der Waals surface area contributed by atoms with Gasteiger partial charge in [-0.1, -0.05) is 0 Å². The Morgan fingerprint density at radius 2 is 2.25 bits per heavy atom. The molecular weight excluding hydrogens is 312 g/mol. The Morgan fingerprint density at radius 1 is 1.46 bits per heavy atom. The molecule has 4 N–H and O–H groups in total. The summed E-state index contributed by atoms with van der Waals surface area (Å²) in [7, 11) is 3.57. The van der Waals surface area contributed by atoms with E-state index in [2.05, 4.69) is 25.6 Å². The van der Waals surface area contributed by atoms with E-state index in [9.17, 15) is 9.59 Å². The van der Waals surface area contributed by atoms with Crippen LogP contribution < -0.4 is 16.2 Å². The highest BCUT2D eigenvalue weighted by atomic mass is 16.4. The van der Waals surface area contributed by atoms with Crippen LogP contribution in [0.5, 0.6) is 0 Å². The number of nitrogens with zero attached hydrogens (tertiary/aromatic N) is 3. The number of anilines is 1. The number of hydrogen-bond donors (Lipinski definition) is 4. The van der Waals surface area contributed by atoms with Gasteiger partial charge in [-0.25, -0.2) is 4.98 Å². The highest BCUT2D eigenvalue weighted by molar-refractivity contribution is 5.71. The van der Waals surface area contributed by atoms with Crippen LogP contribution in [0.2, 0.25) is 0 Å². The normalized spacial score (nSPS) is 24.2. The van der Waals surface area contributed by atoms with Gasteiger partial charge in [0, 0.05) is 19.5 Å². The Balaban J connectivity index is 1.93. The van der Waals surface area contributed by atoms with Gasteiger partial charge in [0.05, 0.1) is 12.4 Å². The smallest absolute Gasteiger partial charge is 0.303 e. The first-order chi connectivity index (χ1) is 11.5. The number of hydrogen-bond acceptors (Lipinski definition) is 6. The summed E-state index contributed by atoms with van der Waals surface area (Å²) in [5, 5.41) is 15.1. The lowest BCUT2D eigenvalue weighted by Gasteiger charge is -2.36. The van der Waals surface area contributed by atoms with Gasteiger partial charge in [0.15, 0.2) is 11.2 Å². The molecule has 1 fully saturated rings. The molecular formula is C15H22N6O3. The lowest BCUT2D eigenvalue weighted by molar-refractivity contribution is -0.138. The molecule has 0 saturated heterocycles. The van der Waals surface area contributed by atoms with E-state index in [0.29, 0.717) is 17.1 Å². The summed E-state index contributed by atoms with van der Waals surface area (Å²) in [6, 6.07) is 0.198. The molecule has 0 bridgehead atoms. The molecule has 24 heavy (non-hydrogen) atoms. The van der Waals surface area contributed by atoms with Gasteiger partial charge < -0.3 is 20.3 Å². The van der Waals surface area contributed by atoms with Crippen molar-refractivity contribution in [3.63, 3.8) is 0 Å². The predicted molar refractivity (Wildman–Crippen MR) is 89.2 cm³/mol. The number of rotatable bonds is 5. The van der Waals surface area contributed by atoms with E-state index in [0.717, 1.165) is 19.3 Å². The number of fused-ring (bicyclic) bond motifs is 1. The van der Waals surface area contributed by atoms with Crippen molar-refractivity contribution in [1.29, 1.82) is 0 Å². The minimum atomic E-state index is -0.756. The second kappa shape index (κ2) is 6.60. The Kier molecular flexibility index (Phi) is 4.52. The maximum absolute atomic E-state index is 12.1. The van der Waals surface area contributed by atoms with E-state index in [1.807, 2.05) is 11.6 Å². The molecule has 9 heteroatoms. The van der Waals surface area contributed by atoms with Crippen molar-refractivity contribution in [2.45, 2.75) is 37.8 Å². The van der Waals surface area contributed by atoms with Crippen molar-refractivity contribution in [2.24, 2.45) is 5.92 Å². The molecule has 9 nitrogen and oxygen atoms in total. The van der Waals surface area contributed by atoms with E-state index < -0.39 is 5.97 Å². The summed E-state index contributed by atoms with van der Waals surface area (Å²) in [6.07, 6.45) is 4.26. The molecule has 2 heterocycles. The molecule has 0 aliphatic heterocycles. The third-order valence-corrected chi connectivity index (χ3v) is 4.78. The number of carboxylic acids is 1. The van der Waals surface area contributed by atoms with Crippen molar-refractivity contribution in [3.8, 4) is 0 Å². The zero-order valence-electron chi connectivity index (χ0n) is 13.7. The van der Waals surface area contributed by atoms with Gasteiger partial charge in [0.1, 0.15) is 0 Å². The molecule has 130 valence electrons. The van der Waals surface area contributed by atoms with Gasteiger partial charge in [0.25, 0.3) is 5.56 Å². The number of aliphatic carboxylic acids is 1. The number of likely N-dealkylation sites (N-methyl/N-ethyl adjacent to an activating group) is 1. The highest BCUT2D eigenvalue weighted by Gasteiger charge is 2.32. The molecule has 1 aliphatic carbocycles. The first-order valence-corrected chi connectivity index (χ1v) is 8.07. The first kappa shape index (κ1) is 16.4. The van der Waals surface area contributed by atoms with Crippen molar-refractivity contribution >= 4 is 23.1 Å². The minimum absolute atomic E-state index is 0.0871. The third-order valence-electron chi connectivity index (χ3n) is 4.78. The molecule has 3 rings (SSSR count). The summed E-state index contributed by atoms with van der Waals surface area (Å²) < 4.78 is 1.93. The van der Waals surface area contributed by atoms with Crippen LogP contribution in [0, 0.1) is 5.92 Å². The predicted octanol–water partition coefficient (Wildman–Crippen LogP) is 0.565. The monoisotopic (exact) mass is 334 g/mol. The van der Waals surface area contributed by atoms with Gasteiger partial charge >= 0.3 is 5.97 Å². The minimum Gasteiger partial charge on any atom is -0.481 e. The van der Waals surface area contributed by atoms with Crippen molar-refractivity contribution < 1.29 is 9.90 Å². The fourth-order valence-corrected chi connectivity index (χ4v) is 3.60. The van der Waals surface area contributed by atoms with E-state index in [1.165, 1.54) is 0 Å². The Labute approximate surface area is 138 Å². The van der Waals surface area contributed by atoms with E-state index in [-0.39, 0.29) is 30.0 Å². The second-order valence-corrected chi connectivity index (χ2v) is 6.23. The van der Waals surface area contributed by atoms with Gasteiger partial charge in [-0.15, -0.1) is 0 Å². The summed E-state index contributed by atoms with van der Waals surface area (Å²) in [6.45, 7) is 0. The fraction of sp³-hybridized carbons (Fsp3) is 0.600. The van der Waals surface area contributed by atoms with Crippen LogP contribution in [0.25, 0.3) is 11.2 Å². The first-order valence-electron chi connectivity index (χ1n) is 8.07. The highest BCUT2D eigenvalue weighted by Crippen LogP contribution is 2.35. The number of carboxylic acid groups (broad SMARTS) is 1. The molecule has 3 atom stereocenters. The number of imidazole rings is 1. The second-order valence-electron chi connectivity index (χ2n) is 6.23. The topological polar surface area (TPSA) is 125 Å². The summed E-state index contributed by atoms with van der Waals surface area (Å²) in [5.74, 6) is -0.196. The maximum atomic E-state index is 12.1. The lowest BCUT2D eigenvalue weighted by Crippen LogP contribution is -2.40. The molecule has 0 radical (unpaired) electrons. The zero-order valence-corrected chi connectivity index (χ0v) is 13.7. The van der Waals surface area contributed by atoms with E-state index in [1.54, 1.807) is 13.4 Å². The number of nitrogens with one attached hydrogen (secondary N) is 3. The average molecular weight is 334 g/mol. The summed E-state index contributed by atoms with van der Waals surface area (Å²) in [4.78, 5) is 34.3. The SMILES string of the molecule is CNc1nc2c(ncn2[C@@H]2CC[C@@H](CC(=O)O)C[C@@H]2NC)c(=O)[nH]1. The van der Waals surface area contributed by atoms with Crippen LogP contribution in [0.3, 0.4) is 0 Å². The van der Waals surface area contributed by atoms with Gasteiger partial charge in [-0.3, -0.25) is 14.6 Å². The molecule has 0 unspecified atom stereocenters. The Bertz CT molecular complexity index is 798. The fourth-order valence-electron chi connectivity index (χ4n) is 3.60. The molecule has 1 saturated carbocycles. The Hall–Kier alpha value is -2.42. The number of aromatic amines is 1. The maximum Gasteiger partial charge on any atom is 0.303 e. The van der Waals surface area contributed by atoms with E-state index in [4.69, 9.17) is 5.11 Å². The van der Waals surface area contributed by atoms with Crippen molar-refractivity contribution in [3.05, 3.63) is 16.7 Å². The van der Waals surface area contributed by atoms with Crippen LogP contribution >= 0.6 is 0 Å². The van der Waals surface area contributed by atoms with Crippen LogP contribution in [0.4, 0.5) is 5.95 Å². The van der Waals surface area contributed by atoms with Crippen LogP contribution in [-0.4, -0.2) is 50.7 Å². The average Bonchev–Trinajstić information content (AvgIpc) is 2.98. The summed E-state index contributed by atoms with van der Waals surface area (Å²) in [5.41, 5.74) is 0.588. The van der Waals surface area contributed by atoms with Gasteiger partial charge in [-0.2, -0.15) is 4.98 Å². The lowest BCUT2D eigenvalue weighted by atomic mass is 9.80. The van der Waals surface area contributed by atoms with Crippen LogP contribution in [0.15, 0.2) is 11.1 Å². The largest absolute Gasteiger partial charge is 0.481 e. The quantitative estimate of drug-likeness (QED) is 0.630. The molecule has 0 spiro atoms. The molecule has 0 amide bonds. The Morgan fingerprint density at radius 3 is 2.92 bits per heavy atom.